The molecule has 27 heavy (non-hydrogen) atoms. The number of ketones is 1. The highest BCUT2D eigenvalue weighted by Gasteiger charge is 2.29. The summed E-state index contributed by atoms with van der Waals surface area (Å²) in [4.78, 5) is 40.9. The van der Waals surface area contributed by atoms with E-state index >= 15 is 0 Å². The number of aryl methyl sites for hydroxylation is 1. The lowest BCUT2D eigenvalue weighted by Crippen LogP contribution is -2.47. The van der Waals surface area contributed by atoms with E-state index in [4.69, 9.17) is 10.2 Å². The maximum Gasteiger partial charge on any atom is 0.287 e. The molecular weight excluding hydrogens is 368 g/mol. The molecule has 0 aliphatic carbocycles. The minimum Gasteiger partial charge on any atom is -0.469 e. The van der Waals surface area contributed by atoms with Crippen LogP contribution in [-0.2, 0) is 16.0 Å². The predicted molar refractivity (Wildman–Crippen MR) is 97.9 cm³/mol. The average Bonchev–Trinajstić information content (AvgIpc) is 3.30. The molecule has 2 amide bonds. The van der Waals surface area contributed by atoms with Crippen molar-refractivity contribution >= 4 is 29.1 Å². The summed E-state index contributed by atoms with van der Waals surface area (Å²) in [6.07, 6.45) is 3.07. The summed E-state index contributed by atoms with van der Waals surface area (Å²) in [5.74, 6) is -2.12. The summed E-state index contributed by atoms with van der Waals surface area (Å²) >= 11 is 0.996. The van der Waals surface area contributed by atoms with Gasteiger partial charge in [0.1, 0.15) is 16.7 Å². The number of nitrogens with zero attached hydrogens (tertiary/aromatic N) is 2. The van der Waals surface area contributed by atoms with Crippen molar-refractivity contribution in [3.63, 3.8) is 0 Å². The first kappa shape index (κ1) is 18.5. The first-order valence-corrected chi connectivity index (χ1v) is 8.79. The van der Waals surface area contributed by atoms with E-state index in [1.165, 1.54) is 6.26 Å². The van der Waals surface area contributed by atoms with Crippen LogP contribution in [0.4, 0.5) is 0 Å². The number of amides is 2. The van der Waals surface area contributed by atoms with Crippen molar-refractivity contribution in [3.8, 4) is 11.3 Å². The van der Waals surface area contributed by atoms with Gasteiger partial charge in [0.25, 0.3) is 11.8 Å². The molecule has 0 aliphatic rings. The second kappa shape index (κ2) is 7.92. The van der Waals surface area contributed by atoms with E-state index in [1.54, 1.807) is 43.5 Å². The smallest absolute Gasteiger partial charge is 0.287 e. The summed E-state index contributed by atoms with van der Waals surface area (Å²) < 4.78 is 9.43. The highest BCUT2D eigenvalue weighted by atomic mass is 32.1. The summed E-state index contributed by atoms with van der Waals surface area (Å²) in [6.45, 7) is 1.77. The third-order valence-corrected chi connectivity index (χ3v) is 4.78. The average molecular weight is 384 g/mol. The Hall–Kier alpha value is -3.33. The molecule has 0 spiro atoms. The Morgan fingerprint density at radius 2 is 2.07 bits per heavy atom. The Morgan fingerprint density at radius 1 is 1.26 bits per heavy atom. The molecule has 3 aromatic heterocycles. The van der Waals surface area contributed by atoms with Crippen LogP contribution in [0.5, 0.6) is 0 Å². The van der Waals surface area contributed by atoms with Crippen LogP contribution in [0, 0.1) is 6.92 Å². The van der Waals surface area contributed by atoms with Gasteiger partial charge in [-0.1, -0.05) is 6.07 Å². The molecule has 0 saturated carbocycles. The van der Waals surface area contributed by atoms with Gasteiger partial charge >= 0.3 is 0 Å². The third-order valence-electron chi connectivity index (χ3n) is 3.84. The van der Waals surface area contributed by atoms with E-state index in [-0.39, 0.29) is 6.42 Å². The standard InChI is InChI=1S/C18H16N4O4S/c1-10-14(12-6-2-3-7-20-12)16(27-22-10)18(25)21-13(15(23)17(19)24)9-11-5-4-8-26-11/h2-8,13H,9H2,1H3,(H2,19,24)(H,21,25). The van der Waals surface area contributed by atoms with Gasteiger partial charge in [-0.25, -0.2) is 0 Å². The number of pyridine rings is 1. The molecule has 0 aromatic carbocycles. The normalized spacial score (nSPS) is 11.7. The number of carbonyl (C=O) groups excluding carboxylic acids is 3. The number of hydrogen-bond donors (Lipinski definition) is 2. The Bertz CT molecular complexity index is 967. The molecule has 0 bridgehead atoms. The van der Waals surface area contributed by atoms with E-state index in [2.05, 4.69) is 14.7 Å². The monoisotopic (exact) mass is 384 g/mol. The van der Waals surface area contributed by atoms with Gasteiger partial charge in [-0.05, 0) is 42.7 Å². The van der Waals surface area contributed by atoms with Crippen LogP contribution in [0.2, 0.25) is 0 Å². The van der Waals surface area contributed by atoms with Gasteiger partial charge in [0, 0.05) is 18.2 Å². The quantitative estimate of drug-likeness (QED) is 0.594. The summed E-state index contributed by atoms with van der Waals surface area (Å²) in [5.41, 5.74) is 6.94. The maximum atomic E-state index is 12.8. The molecule has 3 N–H and O–H groups in total. The zero-order chi connectivity index (χ0) is 19.4. The van der Waals surface area contributed by atoms with Crippen molar-refractivity contribution in [2.75, 3.05) is 0 Å². The second-order valence-electron chi connectivity index (χ2n) is 5.73. The molecule has 0 fully saturated rings. The predicted octanol–water partition coefficient (Wildman–Crippen LogP) is 1.50. The maximum absolute atomic E-state index is 12.8. The fourth-order valence-electron chi connectivity index (χ4n) is 2.57. The lowest BCUT2D eigenvalue weighted by atomic mass is 10.1. The van der Waals surface area contributed by atoms with E-state index in [9.17, 15) is 14.4 Å². The minimum atomic E-state index is -1.14. The highest BCUT2D eigenvalue weighted by Crippen LogP contribution is 2.28. The molecule has 0 aliphatic heterocycles. The second-order valence-corrected chi connectivity index (χ2v) is 6.50. The zero-order valence-electron chi connectivity index (χ0n) is 14.3. The molecule has 3 heterocycles. The molecule has 0 radical (unpaired) electrons. The first-order valence-electron chi connectivity index (χ1n) is 8.02. The third kappa shape index (κ3) is 4.09. The van der Waals surface area contributed by atoms with E-state index in [0.29, 0.717) is 27.6 Å². The van der Waals surface area contributed by atoms with Gasteiger partial charge < -0.3 is 15.5 Å². The largest absolute Gasteiger partial charge is 0.469 e. The van der Waals surface area contributed by atoms with Crippen molar-refractivity contribution in [1.29, 1.82) is 0 Å². The fourth-order valence-corrected chi connectivity index (χ4v) is 3.38. The van der Waals surface area contributed by atoms with Crippen LogP contribution >= 0.6 is 11.5 Å². The molecule has 9 heteroatoms. The Balaban J connectivity index is 1.88. The van der Waals surface area contributed by atoms with Gasteiger partial charge in [-0.3, -0.25) is 19.4 Å². The van der Waals surface area contributed by atoms with Crippen LogP contribution in [-0.4, -0.2) is 33.0 Å². The van der Waals surface area contributed by atoms with Gasteiger partial charge in [0.05, 0.1) is 17.7 Å². The number of Topliss-reactive ketones (excluding diaryl/α,β-unsaturated/α-hetero) is 1. The topological polar surface area (TPSA) is 128 Å². The molecule has 1 atom stereocenters. The van der Waals surface area contributed by atoms with E-state index < -0.39 is 23.6 Å². The number of furan rings is 1. The Labute approximate surface area is 158 Å². The zero-order valence-corrected chi connectivity index (χ0v) is 15.2. The van der Waals surface area contributed by atoms with Crippen molar-refractivity contribution in [2.24, 2.45) is 5.73 Å². The number of hydrogen-bond acceptors (Lipinski definition) is 7. The summed E-state index contributed by atoms with van der Waals surface area (Å²) in [7, 11) is 0. The Morgan fingerprint density at radius 3 is 2.70 bits per heavy atom. The van der Waals surface area contributed by atoms with Gasteiger partial charge in [0.15, 0.2) is 0 Å². The van der Waals surface area contributed by atoms with Crippen molar-refractivity contribution in [2.45, 2.75) is 19.4 Å². The fraction of sp³-hybridized carbons (Fsp3) is 0.167. The molecule has 8 nitrogen and oxygen atoms in total. The number of primary amides is 1. The van der Waals surface area contributed by atoms with Crippen molar-refractivity contribution < 1.29 is 18.8 Å². The number of aromatic nitrogens is 2. The molecule has 0 saturated heterocycles. The van der Waals surface area contributed by atoms with Crippen molar-refractivity contribution in [1.82, 2.24) is 14.7 Å². The van der Waals surface area contributed by atoms with Gasteiger partial charge in [-0.2, -0.15) is 4.37 Å². The molecular formula is C18H16N4O4S. The van der Waals surface area contributed by atoms with Crippen LogP contribution in [0.3, 0.4) is 0 Å². The van der Waals surface area contributed by atoms with E-state index in [1.807, 2.05) is 0 Å². The van der Waals surface area contributed by atoms with Crippen LogP contribution in [0.25, 0.3) is 11.3 Å². The number of rotatable bonds is 7. The minimum absolute atomic E-state index is 0.0111. The van der Waals surface area contributed by atoms with E-state index in [0.717, 1.165) is 11.5 Å². The van der Waals surface area contributed by atoms with Crippen molar-refractivity contribution in [3.05, 3.63) is 59.1 Å². The number of nitrogens with one attached hydrogen (secondary N) is 1. The van der Waals surface area contributed by atoms with Crippen LogP contribution in [0.1, 0.15) is 21.1 Å². The number of nitrogens with two attached hydrogens (primary N) is 1. The van der Waals surface area contributed by atoms with Gasteiger partial charge in [-0.15, -0.1) is 0 Å². The van der Waals surface area contributed by atoms with Crippen LogP contribution < -0.4 is 11.1 Å². The summed E-state index contributed by atoms with van der Waals surface area (Å²) in [6, 6.07) is 7.49. The first-order chi connectivity index (χ1) is 13.0. The van der Waals surface area contributed by atoms with Crippen LogP contribution in [0.15, 0.2) is 47.2 Å². The summed E-state index contributed by atoms with van der Waals surface area (Å²) in [5, 5.41) is 2.57. The lowest BCUT2D eigenvalue weighted by Gasteiger charge is -2.15. The Kier molecular flexibility index (Phi) is 5.41. The lowest BCUT2D eigenvalue weighted by molar-refractivity contribution is -0.137. The molecule has 138 valence electrons. The highest BCUT2D eigenvalue weighted by molar-refractivity contribution is 7.08. The molecule has 1 unspecified atom stereocenters. The molecule has 3 rings (SSSR count). The number of carbonyl (C=O) groups is 3. The van der Waals surface area contributed by atoms with Gasteiger partial charge in [0.2, 0.25) is 5.78 Å². The molecule has 3 aromatic rings. The SMILES string of the molecule is Cc1nsc(C(=O)NC(Cc2ccco2)C(=O)C(N)=O)c1-c1ccccn1.